The zero-order chi connectivity index (χ0) is 11.9. The molecule has 0 saturated heterocycles. The second-order valence-corrected chi connectivity index (χ2v) is 4.78. The van der Waals surface area contributed by atoms with Gasteiger partial charge in [0.2, 0.25) is 0 Å². The van der Waals surface area contributed by atoms with E-state index in [1.807, 2.05) is 13.0 Å². The lowest BCUT2D eigenvalue weighted by molar-refractivity contribution is 0.545. The van der Waals surface area contributed by atoms with E-state index in [0.29, 0.717) is 12.1 Å². The third kappa shape index (κ3) is 1.59. The van der Waals surface area contributed by atoms with Gasteiger partial charge in [0.25, 0.3) is 0 Å². The van der Waals surface area contributed by atoms with Gasteiger partial charge in [0.15, 0.2) is 5.03 Å². The summed E-state index contributed by atoms with van der Waals surface area (Å²) in [5, 5.41) is -0.377. The topological polar surface area (TPSA) is 51.4 Å². The van der Waals surface area contributed by atoms with Crippen molar-refractivity contribution in [1.82, 2.24) is 9.38 Å². The standard InChI is InChI=1S/C10H11FN2O2S/c1-3-8-5-4-6-13-9(8)12-7(2)10(13)16(11,14)15/h4-6H,3H2,1-2H3. The first kappa shape index (κ1) is 11.1. The Kier molecular flexibility index (Phi) is 2.46. The SMILES string of the molecule is CCc1cccn2c(S(=O)(=O)F)c(C)nc12. The summed E-state index contributed by atoms with van der Waals surface area (Å²) in [5.41, 5.74) is 1.57. The quantitative estimate of drug-likeness (QED) is 0.755. The van der Waals surface area contributed by atoms with Crippen LogP contribution in [0, 0.1) is 6.92 Å². The van der Waals surface area contributed by atoms with Crippen LogP contribution >= 0.6 is 0 Å². The Morgan fingerprint density at radius 2 is 2.19 bits per heavy atom. The number of imidazole rings is 1. The van der Waals surface area contributed by atoms with Crippen molar-refractivity contribution in [2.45, 2.75) is 25.3 Å². The van der Waals surface area contributed by atoms with Crippen molar-refractivity contribution in [3.63, 3.8) is 0 Å². The van der Waals surface area contributed by atoms with E-state index in [-0.39, 0.29) is 10.7 Å². The van der Waals surface area contributed by atoms with Crippen LogP contribution in [0.15, 0.2) is 23.4 Å². The maximum absolute atomic E-state index is 13.1. The van der Waals surface area contributed by atoms with Crippen LogP contribution in [0.2, 0.25) is 0 Å². The van der Waals surface area contributed by atoms with Crippen molar-refractivity contribution < 1.29 is 12.3 Å². The fourth-order valence-electron chi connectivity index (χ4n) is 1.79. The maximum atomic E-state index is 13.1. The van der Waals surface area contributed by atoms with E-state index in [9.17, 15) is 12.3 Å². The molecule has 2 heterocycles. The molecule has 4 nitrogen and oxygen atoms in total. The van der Waals surface area contributed by atoms with E-state index in [4.69, 9.17) is 0 Å². The fourth-order valence-corrected chi connectivity index (χ4v) is 2.57. The molecule has 0 amide bonds. The van der Waals surface area contributed by atoms with Crippen molar-refractivity contribution in [2.75, 3.05) is 0 Å². The summed E-state index contributed by atoms with van der Waals surface area (Å²) in [4.78, 5) is 4.09. The Morgan fingerprint density at radius 3 is 2.75 bits per heavy atom. The van der Waals surface area contributed by atoms with Crippen LogP contribution in [0.25, 0.3) is 5.65 Å². The Morgan fingerprint density at radius 1 is 1.50 bits per heavy atom. The summed E-state index contributed by atoms with van der Waals surface area (Å²) in [5.74, 6) is 0. The summed E-state index contributed by atoms with van der Waals surface area (Å²) < 4.78 is 36.4. The van der Waals surface area contributed by atoms with Crippen molar-refractivity contribution in [3.05, 3.63) is 29.6 Å². The fraction of sp³-hybridized carbons (Fsp3) is 0.300. The first-order valence-corrected chi connectivity index (χ1v) is 6.24. The van der Waals surface area contributed by atoms with Crippen LogP contribution in [0.1, 0.15) is 18.2 Å². The van der Waals surface area contributed by atoms with Gasteiger partial charge in [-0.05, 0) is 25.0 Å². The highest BCUT2D eigenvalue weighted by molar-refractivity contribution is 7.86. The van der Waals surface area contributed by atoms with E-state index in [2.05, 4.69) is 4.98 Å². The molecule has 0 N–H and O–H groups in total. The Hall–Kier alpha value is -1.43. The highest BCUT2D eigenvalue weighted by atomic mass is 32.3. The first-order valence-electron chi connectivity index (χ1n) is 4.86. The number of nitrogens with zero attached hydrogens (tertiary/aromatic N) is 2. The van der Waals surface area contributed by atoms with Crippen LogP contribution < -0.4 is 0 Å². The van der Waals surface area contributed by atoms with E-state index < -0.39 is 10.2 Å². The smallest absolute Gasteiger partial charge is 0.288 e. The average Bonchev–Trinajstić information content (AvgIpc) is 2.52. The van der Waals surface area contributed by atoms with Crippen LogP contribution in [0.3, 0.4) is 0 Å². The molecule has 86 valence electrons. The molecule has 0 fully saturated rings. The summed E-state index contributed by atoms with van der Waals surface area (Å²) in [6, 6.07) is 3.53. The average molecular weight is 242 g/mol. The molecule has 0 saturated carbocycles. The molecule has 0 aromatic carbocycles. The predicted octanol–water partition coefficient (Wildman–Crippen LogP) is 1.86. The second kappa shape index (κ2) is 3.55. The van der Waals surface area contributed by atoms with Gasteiger partial charge in [0, 0.05) is 6.20 Å². The molecule has 0 unspecified atom stereocenters. The maximum Gasteiger partial charge on any atom is 0.350 e. The van der Waals surface area contributed by atoms with E-state index in [0.717, 1.165) is 5.56 Å². The van der Waals surface area contributed by atoms with Crippen LogP contribution in [-0.4, -0.2) is 17.8 Å². The van der Waals surface area contributed by atoms with Gasteiger partial charge in [-0.3, -0.25) is 4.40 Å². The molecule has 0 aliphatic carbocycles. The van der Waals surface area contributed by atoms with E-state index >= 15 is 0 Å². The van der Waals surface area contributed by atoms with Gasteiger partial charge < -0.3 is 0 Å². The Bertz CT molecular complexity index is 646. The van der Waals surface area contributed by atoms with E-state index in [1.165, 1.54) is 17.5 Å². The third-order valence-corrected chi connectivity index (χ3v) is 3.42. The van der Waals surface area contributed by atoms with Gasteiger partial charge in [0.05, 0.1) is 5.69 Å². The minimum atomic E-state index is -4.74. The number of halogens is 1. The molecule has 0 aliphatic heterocycles. The summed E-state index contributed by atoms with van der Waals surface area (Å²) in [6.45, 7) is 3.42. The minimum Gasteiger partial charge on any atom is -0.288 e. The number of hydrogen-bond acceptors (Lipinski definition) is 3. The lowest BCUT2D eigenvalue weighted by Gasteiger charge is -2.00. The number of aryl methyl sites for hydroxylation is 2. The Balaban J connectivity index is 2.92. The highest BCUT2D eigenvalue weighted by Gasteiger charge is 2.22. The lowest BCUT2D eigenvalue weighted by atomic mass is 10.2. The molecule has 0 aliphatic rings. The molecular formula is C10H11FN2O2S. The monoisotopic (exact) mass is 242 g/mol. The molecule has 2 aromatic rings. The number of fused-ring (bicyclic) bond motifs is 1. The molecule has 2 aromatic heterocycles. The number of rotatable bonds is 2. The molecule has 0 atom stereocenters. The summed E-state index contributed by atoms with van der Waals surface area (Å²) >= 11 is 0. The largest absolute Gasteiger partial charge is 0.350 e. The third-order valence-electron chi connectivity index (χ3n) is 2.46. The summed E-state index contributed by atoms with van der Waals surface area (Å²) in [7, 11) is -4.74. The van der Waals surface area contributed by atoms with Crippen LogP contribution in [0.4, 0.5) is 3.89 Å². The molecular weight excluding hydrogens is 231 g/mol. The van der Waals surface area contributed by atoms with Crippen molar-refractivity contribution in [2.24, 2.45) is 0 Å². The van der Waals surface area contributed by atoms with Gasteiger partial charge in [-0.15, -0.1) is 0 Å². The lowest BCUT2D eigenvalue weighted by Crippen LogP contribution is -2.00. The van der Waals surface area contributed by atoms with Crippen LogP contribution in [-0.2, 0) is 16.6 Å². The molecule has 0 radical (unpaired) electrons. The predicted molar refractivity (Wildman–Crippen MR) is 57.6 cm³/mol. The number of pyridine rings is 1. The van der Waals surface area contributed by atoms with Crippen molar-refractivity contribution in [1.29, 1.82) is 0 Å². The second-order valence-electron chi connectivity index (χ2n) is 3.52. The Labute approximate surface area is 93.0 Å². The van der Waals surface area contributed by atoms with Gasteiger partial charge in [0.1, 0.15) is 5.65 Å². The molecule has 2 rings (SSSR count). The van der Waals surface area contributed by atoms with Gasteiger partial charge >= 0.3 is 10.2 Å². The molecule has 16 heavy (non-hydrogen) atoms. The zero-order valence-electron chi connectivity index (χ0n) is 8.94. The first-order chi connectivity index (χ1) is 7.45. The normalized spacial score (nSPS) is 12.2. The van der Waals surface area contributed by atoms with Gasteiger partial charge in [-0.1, -0.05) is 16.9 Å². The number of aromatic nitrogens is 2. The molecule has 0 spiro atoms. The molecule has 6 heteroatoms. The zero-order valence-corrected chi connectivity index (χ0v) is 9.75. The number of hydrogen-bond donors (Lipinski definition) is 0. The van der Waals surface area contributed by atoms with E-state index in [1.54, 1.807) is 6.07 Å². The van der Waals surface area contributed by atoms with Crippen molar-refractivity contribution in [3.8, 4) is 0 Å². The highest BCUT2D eigenvalue weighted by Crippen LogP contribution is 2.21. The van der Waals surface area contributed by atoms with Gasteiger partial charge in [-0.25, -0.2) is 4.98 Å². The van der Waals surface area contributed by atoms with Gasteiger partial charge in [-0.2, -0.15) is 8.42 Å². The van der Waals surface area contributed by atoms with Crippen LogP contribution in [0.5, 0.6) is 0 Å². The summed E-state index contributed by atoms with van der Waals surface area (Å²) in [6.07, 6.45) is 2.22. The van der Waals surface area contributed by atoms with Crippen molar-refractivity contribution >= 4 is 15.9 Å². The minimum absolute atomic E-state index is 0.184. The molecule has 0 bridgehead atoms.